The van der Waals surface area contributed by atoms with Crippen LogP contribution in [-0.2, 0) is 30.0 Å². The lowest BCUT2D eigenvalue weighted by molar-refractivity contribution is 0.465. The van der Waals surface area contributed by atoms with Crippen molar-refractivity contribution < 1.29 is 8.42 Å². The van der Waals surface area contributed by atoms with Gasteiger partial charge in [0.15, 0.2) is 0 Å². The first-order chi connectivity index (χ1) is 10.9. The SMILES string of the molecule is CCCCc1ccc(S(=O)(=O)N(C)Cc2cnn(C)c2C)cc1. The van der Waals surface area contributed by atoms with Crippen LogP contribution in [0.15, 0.2) is 35.4 Å². The van der Waals surface area contributed by atoms with E-state index in [1.807, 2.05) is 26.1 Å². The van der Waals surface area contributed by atoms with Crippen LogP contribution in [0.1, 0.15) is 36.6 Å². The molecule has 23 heavy (non-hydrogen) atoms. The van der Waals surface area contributed by atoms with Crippen molar-refractivity contribution in [1.82, 2.24) is 14.1 Å². The third-order valence-corrected chi connectivity index (χ3v) is 6.00. The Kier molecular flexibility index (Phi) is 5.59. The minimum absolute atomic E-state index is 0.319. The van der Waals surface area contributed by atoms with Crippen molar-refractivity contribution >= 4 is 10.0 Å². The molecule has 1 aromatic heterocycles. The summed E-state index contributed by atoms with van der Waals surface area (Å²) in [5.74, 6) is 0. The minimum atomic E-state index is -3.49. The third-order valence-electron chi connectivity index (χ3n) is 4.18. The van der Waals surface area contributed by atoms with Crippen molar-refractivity contribution in [2.45, 2.75) is 44.6 Å². The monoisotopic (exact) mass is 335 g/mol. The Bertz CT molecular complexity index is 749. The van der Waals surface area contributed by atoms with Gasteiger partial charge in [0.1, 0.15) is 0 Å². The Hall–Kier alpha value is -1.66. The van der Waals surface area contributed by atoms with Crippen LogP contribution in [0.2, 0.25) is 0 Å². The lowest BCUT2D eigenvalue weighted by atomic mass is 10.1. The molecule has 0 aliphatic heterocycles. The summed E-state index contributed by atoms with van der Waals surface area (Å²) in [6.07, 6.45) is 4.95. The highest BCUT2D eigenvalue weighted by atomic mass is 32.2. The zero-order valence-electron chi connectivity index (χ0n) is 14.3. The summed E-state index contributed by atoms with van der Waals surface area (Å²) in [6.45, 7) is 4.40. The zero-order valence-corrected chi connectivity index (χ0v) is 15.1. The van der Waals surface area contributed by atoms with Gasteiger partial charge in [-0.1, -0.05) is 25.5 Å². The van der Waals surface area contributed by atoms with Gasteiger partial charge in [-0.15, -0.1) is 0 Å². The molecular formula is C17H25N3O2S. The van der Waals surface area contributed by atoms with Crippen LogP contribution in [-0.4, -0.2) is 29.6 Å². The summed E-state index contributed by atoms with van der Waals surface area (Å²) in [4.78, 5) is 0.335. The smallest absolute Gasteiger partial charge is 0.243 e. The highest BCUT2D eigenvalue weighted by molar-refractivity contribution is 7.89. The molecule has 1 heterocycles. The molecular weight excluding hydrogens is 310 g/mol. The standard InChI is InChI=1S/C17H25N3O2S/c1-5-6-7-15-8-10-17(11-9-15)23(21,22)19(3)13-16-12-18-20(4)14(16)2/h8-12H,5-7,13H2,1-4H3. The molecule has 0 atom stereocenters. The molecule has 1 aromatic carbocycles. The summed E-state index contributed by atoms with van der Waals surface area (Å²) in [6, 6.07) is 7.22. The maximum absolute atomic E-state index is 12.7. The fraction of sp³-hybridized carbons (Fsp3) is 0.471. The molecule has 2 aromatic rings. The molecule has 6 heteroatoms. The van der Waals surface area contributed by atoms with E-state index in [2.05, 4.69) is 12.0 Å². The van der Waals surface area contributed by atoms with Crippen molar-refractivity contribution in [2.75, 3.05) is 7.05 Å². The molecule has 0 amide bonds. The molecule has 0 spiro atoms. The molecule has 0 saturated heterocycles. The molecule has 0 fully saturated rings. The second-order valence-electron chi connectivity index (χ2n) is 5.89. The molecule has 0 radical (unpaired) electrons. The van der Waals surface area contributed by atoms with E-state index in [0.29, 0.717) is 11.4 Å². The summed E-state index contributed by atoms with van der Waals surface area (Å²) < 4.78 is 28.5. The van der Waals surface area contributed by atoms with E-state index in [-0.39, 0.29) is 0 Å². The van der Waals surface area contributed by atoms with Gasteiger partial charge >= 0.3 is 0 Å². The van der Waals surface area contributed by atoms with Crippen molar-refractivity contribution in [3.05, 3.63) is 47.3 Å². The number of hydrogen-bond donors (Lipinski definition) is 0. The first kappa shape index (κ1) is 17.7. The number of aromatic nitrogens is 2. The Morgan fingerprint density at radius 2 is 1.87 bits per heavy atom. The van der Waals surface area contributed by atoms with Crippen molar-refractivity contribution in [3.8, 4) is 0 Å². The number of benzene rings is 1. The number of nitrogens with zero attached hydrogens (tertiary/aromatic N) is 3. The fourth-order valence-electron chi connectivity index (χ4n) is 2.41. The quantitative estimate of drug-likeness (QED) is 0.782. The highest BCUT2D eigenvalue weighted by Crippen LogP contribution is 2.19. The minimum Gasteiger partial charge on any atom is -0.273 e. The van der Waals surface area contributed by atoms with Gasteiger partial charge in [0.05, 0.1) is 11.1 Å². The van der Waals surface area contributed by atoms with E-state index in [4.69, 9.17) is 0 Å². The van der Waals surface area contributed by atoms with Gasteiger partial charge in [0.2, 0.25) is 10.0 Å². The van der Waals surface area contributed by atoms with E-state index >= 15 is 0 Å². The molecule has 0 aliphatic carbocycles. The maximum atomic E-state index is 12.7. The lowest BCUT2D eigenvalue weighted by Gasteiger charge is -2.17. The van der Waals surface area contributed by atoms with Gasteiger partial charge in [-0.05, 0) is 37.5 Å². The Labute approximate surface area is 139 Å². The Balaban J connectivity index is 2.15. The van der Waals surface area contributed by atoms with E-state index in [1.165, 1.54) is 9.87 Å². The van der Waals surface area contributed by atoms with Gasteiger partial charge in [-0.25, -0.2) is 8.42 Å². The summed E-state index contributed by atoms with van der Waals surface area (Å²) >= 11 is 0. The second-order valence-corrected chi connectivity index (χ2v) is 7.93. The predicted octanol–water partition coefficient (Wildman–Crippen LogP) is 2.89. The number of unbranched alkanes of at least 4 members (excludes halogenated alkanes) is 1. The van der Waals surface area contributed by atoms with Gasteiger partial charge in [0.25, 0.3) is 0 Å². The number of sulfonamides is 1. The average Bonchev–Trinajstić information content (AvgIpc) is 2.85. The Morgan fingerprint density at radius 3 is 2.39 bits per heavy atom. The third kappa shape index (κ3) is 4.00. The largest absolute Gasteiger partial charge is 0.273 e. The topological polar surface area (TPSA) is 55.2 Å². The van der Waals surface area contributed by atoms with Crippen LogP contribution in [0.25, 0.3) is 0 Å². The maximum Gasteiger partial charge on any atom is 0.243 e. The van der Waals surface area contributed by atoms with Crippen molar-refractivity contribution in [2.24, 2.45) is 7.05 Å². The van der Waals surface area contributed by atoms with Gasteiger partial charge < -0.3 is 0 Å². The molecule has 0 unspecified atom stereocenters. The number of aryl methyl sites for hydroxylation is 2. The van der Waals surface area contributed by atoms with Crippen LogP contribution < -0.4 is 0 Å². The fourth-order valence-corrected chi connectivity index (χ4v) is 3.56. The van der Waals surface area contributed by atoms with E-state index in [9.17, 15) is 8.42 Å². The van der Waals surface area contributed by atoms with Crippen LogP contribution in [0, 0.1) is 6.92 Å². The van der Waals surface area contributed by atoms with Crippen LogP contribution in [0.5, 0.6) is 0 Å². The van der Waals surface area contributed by atoms with Gasteiger partial charge in [0, 0.05) is 31.9 Å². The van der Waals surface area contributed by atoms with Crippen LogP contribution >= 0.6 is 0 Å². The normalized spacial score (nSPS) is 12.0. The highest BCUT2D eigenvalue weighted by Gasteiger charge is 2.22. The molecule has 0 aliphatic rings. The predicted molar refractivity (Wildman–Crippen MR) is 91.7 cm³/mol. The molecule has 0 saturated carbocycles. The first-order valence-corrected chi connectivity index (χ1v) is 9.33. The van der Waals surface area contributed by atoms with Crippen LogP contribution in [0.3, 0.4) is 0 Å². The van der Waals surface area contributed by atoms with Crippen molar-refractivity contribution in [3.63, 3.8) is 0 Å². The average molecular weight is 335 g/mol. The summed E-state index contributed by atoms with van der Waals surface area (Å²) in [7, 11) is -0.0321. The first-order valence-electron chi connectivity index (χ1n) is 7.89. The molecule has 0 N–H and O–H groups in total. The summed E-state index contributed by atoms with van der Waals surface area (Å²) in [5, 5.41) is 4.16. The number of hydrogen-bond acceptors (Lipinski definition) is 3. The number of rotatable bonds is 7. The van der Waals surface area contributed by atoms with Crippen LogP contribution in [0.4, 0.5) is 0 Å². The molecule has 0 bridgehead atoms. The second kappa shape index (κ2) is 7.27. The van der Waals surface area contributed by atoms with Gasteiger partial charge in [-0.2, -0.15) is 9.40 Å². The van der Waals surface area contributed by atoms with E-state index in [1.54, 1.807) is 30.1 Å². The molecule has 2 rings (SSSR count). The van der Waals surface area contributed by atoms with Gasteiger partial charge in [-0.3, -0.25) is 4.68 Å². The summed E-state index contributed by atoms with van der Waals surface area (Å²) in [5.41, 5.74) is 3.07. The lowest BCUT2D eigenvalue weighted by Crippen LogP contribution is -2.26. The van der Waals surface area contributed by atoms with E-state index in [0.717, 1.165) is 30.5 Å². The molecule has 126 valence electrons. The van der Waals surface area contributed by atoms with E-state index < -0.39 is 10.0 Å². The van der Waals surface area contributed by atoms with Crippen molar-refractivity contribution in [1.29, 1.82) is 0 Å². The molecule has 5 nitrogen and oxygen atoms in total. The Morgan fingerprint density at radius 1 is 1.22 bits per heavy atom. The zero-order chi connectivity index (χ0) is 17.0.